The first kappa shape index (κ1) is 17.3. The molecular weight excluding hydrogens is 307 g/mol. The number of sulfone groups is 1. The predicted octanol–water partition coefficient (Wildman–Crippen LogP) is 1.47. The number of hydrogen-bond acceptors (Lipinski definition) is 4. The number of nitrogens with two attached hydrogens (primary N) is 1. The zero-order chi connectivity index (χ0) is 16.4. The highest BCUT2D eigenvalue weighted by molar-refractivity contribution is 7.90. The van der Waals surface area contributed by atoms with E-state index in [1.54, 1.807) is 0 Å². The fourth-order valence-electron chi connectivity index (χ4n) is 1.68. The van der Waals surface area contributed by atoms with E-state index in [1.807, 2.05) is 0 Å². The molecule has 9 heteroatoms. The number of nitrogen functional groups attached to an aromatic ring is 1. The van der Waals surface area contributed by atoms with Crippen LogP contribution in [0.5, 0.6) is 0 Å². The molecule has 0 unspecified atom stereocenters. The highest BCUT2D eigenvalue weighted by atomic mass is 32.2. The Balaban J connectivity index is 3.15. The Morgan fingerprint density at radius 2 is 1.95 bits per heavy atom. The second-order valence-corrected chi connectivity index (χ2v) is 6.95. The molecule has 0 radical (unpaired) electrons. The van der Waals surface area contributed by atoms with E-state index < -0.39 is 27.4 Å². The Morgan fingerprint density at radius 3 is 2.38 bits per heavy atom. The van der Waals surface area contributed by atoms with Gasteiger partial charge in [-0.1, -0.05) is 0 Å². The summed E-state index contributed by atoms with van der Waals surface area (Å²) >= 11 is 0. The largest absolute Gasteiger partial charge is 0.416 e. The molecule has 3 N–H and O–H groups in total. The number of anilines is 1. The first-order valence-corrected chi connectivity index (χ1v) is 7.92. The summed E-state index contributed by atoms with van der Waals surface area (Å²) in [5.41, 5.74) is 4.60. The summed E-state index contributed by atoms with van der Waals surface area (Å²) in [7, 11) is -1.67. The van der Waals surface area contributed by atoms with Crippen molar-refractivity contribution in [2.45, 2.75) is 6.18 Å². The fourth-order valence-corrected chi connectivity index (χ4v) is 2.29. The van der Waals surface area contributed by atoms with Crippen LogP contribution in [0.1, 0.15) is 11.1 Å². The third-order valence-electron chi connectivity index (χ3n) is 2.82. The molecule has 0 amide bonds. The van der Waals surface area contributed by atoms with Crippen molar-refractivity contribution in [2.24, 2.45) is 5.73 Å². The number of benzene rings is 1. The minimum atomic E-state index is -4.53. The van der Waals surface area contributed by atoms with E-state index in [4.69, 9.17) is 11.1 Å². The minimum absolute atomic E-state index is 0.0826. The van der Waals surface area contributed by atoms with E-state index >= 15 is 0 Å². The van der Waals surface area contributed by atoms with Crippen LogP contribution >= 0.6 is 0 Å². The summed E-state index contributed by atoms with van der Waals surface area (Å²) in [4.78, 5) is 1.46. The second-order valence-electron chi connectivity index (χ2n) is 4.69. The molecule has 0 fully saturated rings. The minimum Gasteiger partial charge on any atom is -0.384 e. The van der Waals surface area contributed by atoms with Crippen molar-refractivity contribution >= 4 is 21.4 Å². The lowest BCUT2D eigenvalue weighted by Gasteiger charge is -2.22. The zero-order valence-electron chi connectivity index (χ0n) is 11.5. The molecule has 1 aromatic rings. The van der Waals surface area contributed by atoms with E-state index in [-0.39, 0.29) is 23.5 Å². The van der Waals surface area contributed by atoms with E-state index in [0.717, 1.165) is 18.4 Å². The maximum Gasteiger partial charge on any atom is 0.416 e. The SMILES string of the molecule is CN(CCS(C)(=O)=O)c1ccc(C(F)(F)F)cc1C(=N)N. The summed E-state index contributed by atoms with van der Waals surface area (Å²) in [6.07, 6.45) is -3.46. The highest BCUT2D eigenvalue weighted by Gasteiger charge is 2.31. The van der Waals surface area contributed by atoms with Gasteiger partial charge in [0.25, 0.3) is 0 Å². The molecule has 1 rings (SSSR count). The molecule has 0 aliphatic heterocycles. The lowest BCUT2D eigenvalue weighted by molar-refractivity contribution is -0.137. The van der Waals surface area contributed by atoms with Crippen LogP contribution in [0.15, 0.2) is 18.2 Å². The van der Waals surface area contributed by atoms with Gasteiger partial charge in [-0.25, -0.2) is 8.42 Å². The highest BCUT2D eigenvalue weighted by Crippen LogP contribution is 2.32. The van der Waals surface area contributed by atoms with Gasteiger partial charge in [0.15, 0.2) is 0 Å². The number of alkyl halides is 3. The van der Waals surface area contributed by atoms with Gasteiger partial charge in [0, 0.05) is 31.1 Å². The summed E-state index contributed by atoms with van der Waals surface area (Å²) in [6.45, 7) is 0.0878. The molecule has 0 saturated carbocycles. The maximum atomic E-state index is 12.7. The molecule has 0 saturated heterocycles. The number of halogens is 3. The van der Waals surface area contributed by atoms with Crippen molar-refractivity contribution in [3.63, 3.8) is 0 Å². The monoisotopic (exact) mass is 323 g/mol. The Morgan fingerprint density at radius 1 is 1.38 bits per heavy atom. The van der Waals surface area contributed by atoms with Gasteiger partial charge in [-0.3, -0.25) is 5.41 Å². The van der Waals surface area contributed by atoms with Gasteiger partial charge in [-0.2, -0.15) is 13.2 Å². The van der Waals surface area contributed by atoms with Crippen LogP contribution in [-0.4, -0.2) is 39.9 Å². The van der Waals surface area contributed by atoms with Crippen LogP contribution in [0.2, 0.25) is 0 Å². The molecule has 1 aromatic carbocycles. The van der Waals surface area contributed by atoms with Gasteiger partial charge in [0.1, 0.15) is 15.7 Å². The van der Waals surface area contributed by atoms with Gasteiger partial charge in [-0.15, -0.1) is 0 Å². The smallest absolute Gasteiger partial charge is 0.384 e. The molecule has 0 atom stereocenters. The van der Waals surface area contributed by atoms with Gasteiger partial charge >= 0.3 is 6.18 Å². The molecular formula is C12H16F3N3O2S. The second kappa shape index (κ2) is 5.92. The lowest BCUT2D eigenvalue weighted by Crippen LogP contribution is -2.28. The van der Waals surface area contributed by atoms with Crippen LogP contribution in [0.3, 0.4) is 0 Å². The van der Waals surface area contributed by atoms with Crippen LogP contribution < -0.4 is 10.6 Å². The van der Waals surface area contributed by atoms with E-state index in [1.165, 1.54) is 18.0 Å². The normalized spacial score (nSPS) is 12.2. The molecule has 5 nitrogen and oxygen atoms in total. The summed E-state index contributed by atoms with van der Waals surface area (Å²) in [6, 6.07) is 2.84. The third-order valence-corrected chi connectivity index (χ3v) is 3.75. The predicted molar refractivity (Wildman–Crippen MR) is 75.4 cm³/mol. The average molecular weight is 323 g/mol. The topological polar surface area (TPSA) is 87.2 Å². The molecule has 0 heterocycles. The Labute approximate surface area is 121 Å². The summed E-state index contributed by atoms with van der Waals surface area (Å²) in [5, 5.41) is 7.39. The molecule has 0 aromatic heterocycles. The molecule has 0 aliphatic carbocycles. The fraction of sp³-hybridized carbons (Fsp3) is 0.417. The maximum absolute atomic E-state index is 12.7. The van der Waals surface area contributed by atoms with Crippen molar-refractivity contribution in [1.82, 2.24) is 0 Å². The Kier molecular flexibility index (Phi) is 4.87. The molecule has 0 aliphatic rings. The first-order valence-electron chi connectivity index (χ1n) is 5.86. The standard InChI is InChI=1S/C12H16F3N3O2S/c1-18(5-6-21(2,19)20)10-4-3-8(12(13,14)15)7-9(10)11(16)17/h3-4,7H,5-6H2,1-2H3,(H3,16,17). The number of rotatable bonds is 5. The summed E-state index contributed by atoms with van der Waals surface area (Å²) < 4.78 is 60.3. The third kappa shape index (κ3) is 4.92. The van der Waals surface area contributed by atoms with E-state index in [0.29, 0.717) is 0 Å². The number of amidine groups is 1. The van der Waals surface area contributed by atoms with Crippen molar-refractivity contribution < 1.29 is 21.6 Å². The van der Waals surface area contributed by atoms with Gasteiger partial charge in [-0.05, 0) is 18.2 Å². The number of hydrogen-bond donors (Lipinski definition) is 2. The van der Waals surface area contributed by atoms with Crippen LogP contribution in [0.25, 0.3) is 0 Å². The van der Waals surface area contributed by atoms with Gasteiger partial charge in [0.2, 0.25) is 0 Å². The van der Waals surface area contributed by atoms with Crippen LogP contribution in [0, 0.1) is 5.41 Å². The van der Waals surface area contributed by atoms with E-state index in [9.17, 15) is 21.6 Å². The Hall–Kier alpha value is -1.77. The van der Waals surface area contributed by atoms with Gasteiger partial charge < -0.3 is 10.6 Å². The molecule has 118 valence electrons. The van der Waals surface area contributed by atoms with Crippen molar-refractivity contribution in [3.8, 4) is 0 Å². The van der Waals surface area contributed by atoms with Crippen molar-refractivity contribution in [2.75, 3.05) is 30.5 Å². The molecule has 0 bridgehead atoms. The number of nitrogens with one attached hydrogen (secondary N) is 1. The molecule has 21 heavy (non-hydrogen) atoms. The quantitative estimate of drug-likeness (QED) is 0.634. The lowest BCUT2D eigenvalue weighted by atomic mass is 10.1. The zero-order valence-corrected chi connectivity index (χ0v) is 12.3. The van der Waals surface area contributed by atoms with Crippen LogP contribution in [-0.2, 0) is 16.0 Å². The van der Waals surface area contributed by atoms with Crippen molar-refractivity contribution in [3.05, 3.63) is 29.3 Å². The summed E-state index contributed by atoms with van der Waals surface area (Å²) in [5.74, 6) is -0.663. The first-order chi connectivity index (χ1) is 9.42. The van der Waals surface area contributed by atoms with Gasteiger partial charge in [0.05, 0.1) is 11.3 Å². The Bertz CT molecular complexity index is 642. The molecule has 0 spiro atoms. The average Bonchev–Trinajstić information content (AvgIpc) is 2.33. The van der Waals surface area contributed by atoms with E-state index in [2.05, 4.69) is 0 Å². The van der Waals surface area contributed by atoms with Crippen molar-refractivity contribution in [1.29, 1.82) is 5.41 Å². The number of nitrogens with zero attached hydrogens (tertiary/aromatic N) is 1. The van der Waals surface area contributed by atoms with Crippen LogP contribution in [0.4, 0.5) is 18.9 Å².